The van der Waals surface area contributed by atoms with E-state index in [4.69, 9.17) is 9.73 Å². The summed E-state index contributed by atoms with van der Waals surface area (Å²) in [6.07, 6.45) is 19.5. The van der Waals surface area contributed by atoms with Gasteiger partial charge in [0, 0.05) is 5.92 Å². The van der Waals surface area contributed by atoms with Gasteiger partial charge in [0.15, 0.2) is 0 Å². The zero-order chi connectivity index (χ0) is 18.3. The molecule has 1 N–H and O–H groups in total. The van der Waals surface area contributed by atoms with Gasteiger partial charge < -0.3 is 10.1 Å². The fraction of sp³-hybridized carbons (Fsp3) is 0.542. The number of hydrogen-bond acceptors (Lipinski definition) is 3. The van der Waals surface area contributed by atoms with E-state index in [1.807, 2.05) is 0 Å². The summed E-state index contributed by atoms with van der Waals surface area (Å²) < 4.78 is 6.30. The molecule has 3 atom stereocenters. The average molecular weight is 365 g/mol. The highest BCUT2D eigenvalue weighted by Gasteiger charge is 2.34. The number of amidine groups is 1. The summed E-state index contributed by atoms with van der Waals surface area (Å²) in [6, 6.07) is 11.2. The minimum atomic E-state index is 0.239. The Bertz CT molecular complexity index is 671. The number of ether oxygens (including phenoxy) is 1. The lowest BCUT2D eigenvalue weighted by atomic mass is 9.86. The normalized spacial score (nSPS) is 29.0. The fourth-order valence-corrected chi connectivity index (χ4v) is 4.55. The first-order valence-electron chi connectivity index (χ1n) is 10.7. The number of hydrogen-bond donors (Lipinski definition) is 1. The molecule has 2 aliphatic carbocycles. The van der Waals surface area contributed by atoms with Crippen molar-refractivity contribution in [1.82, 2.24) is 5.32 Å². The van der Waals surface area contributed by atoms with Crippen LogP contribution in [0.5, 0.6) is 0 Å². The predicted molar refractivity (Wildman–Crippen MR) is 112 cm³/mol. The summed E-state index contributed by atoms with van der Waals surface area (Å²) in [5.74, 6) is 1.48. The molecule has 1 heterocycles. The standard InChI is InChI=1S/C24H32N2O/c1-2-10-16-21(17-11-3-1)27-18-22-25-23(19-12-6-4-7-13-19)24(26-22)20-14-8-5-9-15-20/h4-9,12-14,20-21,23-24H,1-3,10-11,15-18H2,(H,25,26)/t20?,23-,24+/m1/s1. The Hall–Kier alpha value is -1.87. The van der Waals surface area contributed by atoms with E-state index < -0.39 is 0 Å². The van der Waals surface area contributed by atoms with Gasteiger partial charge in [0.25, 0.3) is 0 Å². The van der Waals surface area contributed by atoms with E-state index in [2.05, 4.69) is 60.0 Å². The Morgan fingerprint density at radius 2 is 1.74 bits per heavy atom. The smallest absolute Gasteiger partial charge is 0.124 e. The van der Waals surface area contributed by atoms with E-state index >= 15 is 0 Å². The van der Waals surface area contributed by atoms with Crippen LogP contribution in [0.2, 0.25) is 0 Å². The molecule has 3 heteroatoms. The molecule has 0 radical (unpaired) electrons. The Morgan fingerprint density at radius 3 is 2.48 bits per heavy atom. The third-order valence-corrected chi connectivity index (χ3v) is 6.09. The van der Waals surface area contributed by atoms with Crippen LogP contribution in [0.1, 0.15) is 63.0 Å². The summed E-state index contributed by atoms with van der Waals surface area (Å²) in [4.78, 5) is 5.09. The van der Waals surface area contributed by atoms with Crippen LogP contribution in [0.25, 0.3) is 0 Å². The van der Waals surface area contributed by atoms with Gasteiger partial charge in [-0.05, 0) is 24.8 Å². The molecule has 1 aromatic carbocycles. The topological polar surface area (TPSA) is 33.6 Å². The molecule has 0 saturated heterocycles. The van der Waals surface area contributed by atoms with Crippen molar-refractivity contribution in [2.45, 2.75) is 69.6 Å². The molecule has 4 rings (SSSR count). The molecule has 1 aromatic rings. The van der Waals surface area contributed by atoms with Gasteiger partial charge in [0.1, 0.15) is 12.4 Å². The molecule has 1 saturated carbocycles. The van der Waals surface area contributed by atoms with E-state index in [-0.39, 0.29) is 12.1 Å². The zero-order valence-electron chi connectivity index (χ0n) is 16.2. The van der Waals surface area contributed by atoms with Gasteiger partial charge in [0.2, 0.25) is 0 Å². The van der Waals surface area contributed by atoms with Crippen LogP contribution >= 0.6 is 0 Å². The number of rotatable bonds is 5. The Balaban J connectivity index is 1.42. The average Bonchev–Trinajstić information content (AvgIpc) is 3.13. The molecule has 1 unspecified atom stereocenters. The van der Waals surface area contributed by atoms with Crippen molar-refractivity contribution in [3.8, 4) is 0 Å². The van der Waals surface area contributed by atoms with Crippen molar-refractivity contribution in [2.75, 3.05) is 6.61 Å². The quantitative estimate of drug-likeness (QED) is 0.763. The van der Waals surface area contributed by atoms with Gasteiger partial charge >= 0.3 is 0 Å². The van der Waals surface area contributed by atoms with Crippen molar-refractivity contribution in [3.63, 3.8) is 0 Å². The second kappa shape index (κ2) is 9.36. The maximum atomic E-state index is 6.30. The number of nitrogens with one attached hydrogen (secondary N) is 1. The highest BCUT2D eigenvalue weighted by Crippen LogP contribution is 2.33. The van der Waals surface area contributed by atoms with E-state index in [0.717, 1.165) is 12.3 Å². The molecule has 0 amide bonds. The van der Waals surface area contributed by atoms with Crippen LogP contribution in [-0.2, 0) is 4.74 Å². The predicted octanol–water partition coefficient (Wildman–Crippen LogP) is 5.36. The van der Waals surface area contributed by atoms with E-state index in [1.165, 1.54) is 50.5 Å². The molecule has 3 nitrogen and oxygen atoms in total. The Morgan fingerprint density at radius 1 is 0.963 bits per heavy atom. The van der Waals surface area contributed by atoms with Crippen LogP contribution < -0.4 is 5.32 Å². The maximum absolute atomic E-state index is 6.30. The minimum Gasteiger partial charge on any atom is -0.370 e. The minimum absolute atomic E-state index is 0.239. The second-order valence-corrected chi connectivity index (χ2v) is 8.09. The Labute approximate surface area is 163 Å². The van der Waals surface area contributed by atoms with Crippen molar-refractivity contribution in [1.29, 1.82) is 0 Å². The number of nitrogens with zero attached hydrogens (tertiary/aromatic N) is 1. The molecule has 0 spiro atoms. The van der Waals surface area contributed by atoms with Crippen molar-refractivity contribution in [2.24, 2.45) is 10.9 Å². The van der Waals surface area contributed by atoms with E-state index in [9.17, 15) is 0 Å². The van der Waals surface area contributed by atoms with Gasteiger partial charge in [-0.2, -0.15) is 0 Å². The van der Waals surface area contributed by atoms with Crippen molar-refractivity contribution < 1.29 is 4.74 Å². The highest BCUT2D eigenvalue weighted by atomic mass is 16.5. The molecule has 1 aliphatic heterocycles. The van der Waals surface area contributed by atoms with Crippen LogP contribution in [0.3, 0.4) is 0 Å². The molecule has 3 aliphatic rings. The first-order valence-corrected chi connectivity index (χ1v) is 10.7. The molecule has 27 heavy (non-hydrogen) atoms. The van der Waals surface area contributed by atoms with Gasteiger partial charge in [-0.15, -0.1) is 0 Å². The largest absolute Gasteiger partial charge is 0.370 e. The van der Waals surface area contributed by atoms with E-state index in [0.29, 0.717) is 18.6 Å². The van der Waals surface area contributed by atoms with E-state index in [1.54, 1.807) is 0 Å². The lowest BCUT2D eigenvalue weighted by Crippen LogP contribution is -2.32. The van der Waals surface area contributed by atoms with Gasteiger partial charge in [-0.3, -0.25) is 4.99 Å². The number of benzene rings is 1. The maximum Gasteiger partial charge on any atom is 0.124 e. The Kier molecular flexibility index (Phi) is 6.41. The lowest BCUT2D eigenvalue weighted by molar-refractivity contribution is 0.0599. The summed E-state index contributed by atoms with van der Waals surface area (Å²) >= 11 is 0. The van der Waals surface area contributed by atoms with Crippen LogP contribution in [0, 0.1) is 5.92 Å². The van der Waals surface area contributed by atoms with Crippen molar-refractivity contribution >= 4 is 5.84 Å². The summed E-state index contributed by atoms with van der Waals surface area (Å²) in [5.41, 5.74) is 1.31. The molecule has 144 valence electrons. The second-order valence-electron chi connectivity index (χ2n) is 8.09. The third kappa shape index (κ3) is 4.90. The molecule has 0 aromatic heterocycles. The molecule has 0 bridgehead atoms. The first kappa shape index (κ1) is 18.5. The monoisotopic (exact) mass is 364 g/mol. The first-order chi connectivity index (χ1) is 13.4. The summed E-state index contributed by atoms with van der Waals surface area (Å²) in [6.45, 7) is 0.622. The lowest BCUT2D eigenvalue weighted by Gasteiger charge is -2.25. The van der Waals surface area contributed by atoms with Crippen LogP contribution in [-0.4, -0.2) is 24.6 Å². The molecular weight excluding hydrogens is 332 g/mol. The third-order valence-electron chi connectivity index (χ3n) is 6.09. The summed E-state index contributed by atoms with van der Waals surface area (Å²) in [7, 11) is 0. The number of allylic oxidation sites excluding steroid dienone is 3. The van der Waals surface area contributed by atoms with Gasteiger partial charge in [-0.25, -0.2) is 0 Å². The zero-order valence-corrected chi connectivity index (χ0v) is 16.2. The molecule has 1 fully saturated rings. The fourth-order valence-electron chi connectivity index (χ4n) is 4.55. The van der Waals surface area contributed by atoms with Gasteiger partial charge in [-0.1, -0.05) is 86.7 Å². The SMILES string of the molecule is C1=CCC([C@@H]2N=C(COC3CCCCCCC3)N[C@@H]2c2ccccc2)C=C1. The molecular formula is C24H32N2O. The van der Waals surface area contributed by atoms with Crippen LogP contribution in [0.15, 0.2) is 59.6 Å². The van der Waals surface area contributed by atoms with Crippen molar-refractivity contribution in [3.05, 3.63) is 60.2 Å². The van der Waals surface area contributed by atoms with Crippen LogP contribution in [0.4, 0.5) is 0 Å². The highest BCUT2D eigenvalue weighted by molar-refractivity contribution is 5.86. The van der Waals surface area contributed by atoms with Gasteiger partial charge in [0.05, 0.1) is 18.2 Å². The number of aliphatic imine (C=N–C) groups is 1. The summed E-state index contributed by atoms with van der Waals surface area (Å²) in [5, 5.41) is 3.69.